The lowest BCUT2D eigenvalue weighted by atomic mass is 10.1. The zero-order valence-electron chi connectivity index (χ0n) is 12.4. The van der Waals surface area contributed by atoms with Crippen LogP contribution in [-0.4, -0.2) is 59.2 Å². The van der Waals surface area contributed by atoms with Crippen LogP contribution in [0.25, 0.3) is 0 Å². The lowest BCUT2D eigenvalue weighted by Gasteiger charge is -2.35. The summed E-state index contributed by atoms with van der Waals surface area (Å²) in [4.78, 5) is 2.45. The maximum Gasteiger partial charge on any atom is 0.146 e. The summed E-state index contributed by atoms with van der Waals surface area (Å²) in [5.41, 5.74) is 0. The third-order valence-electron chi connectivity index (χ3n) is 4.29. The summed E-state index contributed by atoms with van der Waals surface area (Å²) in [6, 6.07) is 0.421. The van der Waals surface area contributed by atoms with Crippen molar-refractivity contribution < 1.29 is 9.47 Å². The van der Waals surface area contributed by atoms with Gasteiger partial charge in [-0.2, -0.15) is 0 Å². The van der Waals surface area contributed by atoms with Crippen LogP contribution in [0, 0.1) is 0 Å². The number of rotatable bonds is 6. The van der Waals surface area contributed by atoms with Crippen molar-refractivity contribution in [2.75, 3.05) is 33.5 Å². The SMILES string of the molecule is COCCC1COCCN1Cc1nnc(C2CC2)n1C. The molecule has 0 bridgehead atoms. The van der Waals surface area contributed by atoms with E-state index in [0.29, 0.717) is 12.0 Å². The first-order valence-electron chi connectivity index (χ1n) is 7.48. The zero-order chi connectivity index (χ0) is 13.9. The Morgan fingerprint density at radius 3 is 2.95 bits per heavy atom. The number of aromatic nitrogens is 3. The van der Waals surface area contributed by atoms with Gasteiger partial charge in [-0.05, 0) is 19.3 Å². The van der Waals surface area contributed by atoms with Crippen LogP contribution in [0.4, 0.5) is 0 Å². The smallest absolute Gasteiger partial charge is 0.146 e. The summed E-state index contributed by atoms with van der Waals surface area (Å²) in [7, 11) is 3.84. The van der Waals surface area contributed by atoms with Crippen molar-refractivity contribution in [1.82, 2.24) is 19.7 Å². The first-order chi connectivity index (χ1) is 9.79. The summed E-state index contributed by atoms with van der Waals surface area (Å²) >= 11 is 0. The van der Waals surface area contributed by atoms with Gasteiger partial charge in [-0.1, -0.05) is 0 Å². The Balaban J connectivity index is 1.65. The van der Waals surface area contributed by atoms with E-state index in [0.717, 1.165) is 51.0 Å². The molecule has 1 aliphatic carbocycles. The Kier molecular flexibility index (Phi) is 4.33. The normalized spacial score (nSPS) is 24.2. The molecule has 112 valence electrons. The second-order valence-corrected chi connectivity index (χ2v) is 5.79. The number of hydrogen-bond donors (Lipinski definition) is 0. The van der Waals surface area contributed by atoms with Crippen molar-refractivity contribution >= 4 is 0 Å². The second kappa shape index (κ2) is 6.20. The van der Waals surface area contributed by atoms with Crippen molar-refractivity contribution in [2.24, 2.45) is 7.05 Å². The molecule has 0 radical (unpaired) electrons. The number of hydrogen-bond acceptors (Lipinski definition) is 5. The van der Waals surface area contributed by atoms with Crippen LogP contribution in [0.3, 0.4) is 0 Å². The van der Waals surface area contributed by atoms with Crippen molar-refractivity contribution in [1.29, 1.82) is 0 Å². The van der Waals surface area contributed by atoms with E-state index >= 15 is 0 Å². The molecule has 1 saturated heterocycles. The van der Waals surface area contributed by atoms with Gasteiger partial charge in [0.25, 0.3) is 0 Å². The molecule has 1 unspecified atom stereocenters. The Bertz CT molecular complexity index is 444. The van der Waals surface area contributed by atoms with Gasteiger partial charge < -0.3 is 14.0 Å². The topological polar surface area (TPSA) is 52.4 Å². The Labute approximate surface area is 120 Å². The van der Waals surface area contributed by atoms with Gasteiger partial charge in [0.1, 0.15) is 11.6 Å². The molecule has 1 atom stereocenters. The first kappa shape index (κ1) is 14.0. The van der Waals surface area contributed by atoms with E-state index in [2.05, 4.69) is 26.7 Å². The number of ether oxygens (including phenoxy) is 2. The molecule has 0 aromatic carbocycles. The van der Waals surface area contributed by atoms with E-state index in [1.54, 1.807) is 7.11 Å². The number of nitrogens with zero attached hydrogens (tertiary/aromatic N) is 4. The molecule has 1 aromatic heterocycles. The van der Waals surface area contributed by atoms with Crippen LogP contribution in [0.2, 0.25) is 0 Å². The van der Waals surface area contributed by atoms with Gasteiger partial charge in [-0.25, -0.2) is 0 Å². The van der Waals surface area contributed by atoms with Gasteiger partial charge in [0.15, 0.2) is 0 Å². The van der Waals surface area contributed by atoms with Gasteiger partial charge in [0.2, 0.25) is 0 Å². The number of methoxy groups -OCH3 is 1. The van der Waals surface area contributed by atoms with Gasteiger partial charge >= 0.3 is 0 Å². The fourth-order valence-corrected chi connectivity index (χ4v) is 2.81. The Hall–Kier alpha value is -0.980. The van der Waals surface area contributed by atoms with Crippen molar-refractivity contribution in [2.45, 2.75) is 37.8 Å². The average molecular weight is 280 g/mol. The third-order valence-corrected chi connectivity index (χ3v) is 4.29. The van der Waals surface area contributed by atoms with E-state index in [9.17, 15) is 0 Å². The fourth-order valence-electron chi connectivity index (χ4n) is 2.81. The lowest BCUT2D eigenvalue weighted by Crippen LogP contribution is -2.45. The fraction of sp³-hybridized carbons (Fsp3) is 0.857. The summed E-state index contributed by atoms with van der Waals surface area (Å²) in [6.45, 7) is 4.18. The zero-order valence-corrected chi connectivity index (χ0v) is 12.4. The molecule has 1 aromatic rings. The minimum atomic E-state index is 0.421. The molecule has 6 nitrogen and oxygen atoms in total. The monoisotopic (exact) mass is 280 g/mol. The van der Waals surface area contributed by atoms with E-state index in [1.165, 1.54) is 12.8 Å². The maximum atomic E-state index is 5.59. The van der Waals surface area contributed by atoms with Crippen LogP contribution in [0.15, 0.2) is 0 Å². The average Bonchev–Trinajstić information content (AvgIpc) is 3.24. The van der Waals surface area contributed by atoms with E-state index in [4.69, 9.17) is 9.47 Å². The summed E-state index contributed by atoms with van der Waals surface area (Å²) < 4.78 is 13.0. The molecule has 2 fully saturated rings. The van der Waals surface area contributed by atoms with Crippen LogP contribution >= 0.6 is 0 Å². The molecule has 1 aliphatic heterocycles. The van der Waals surface area contributed by atoms with Crippen LogP contribution in [-0.2, 0) is 23.1 Å². The van der Waals surface area contributed by atoms with Crippen molar-refractivity contribution in [3.8, 4) is 0 Å². The quantitative estimate of drug-likeness (QED) is 0.776. The maximum absolute atomic E-state index is 5.59. The Morgan fingerprint density at radius 2 is 2.20 bits per heavy atom. The van der Waals surface area contributed by atoms with Gasteiger partial charge in [0, 0.05) is 39.3 Å². The summed E-state index contributed by atoms with van der Waals surface area (Å²) in [5, 5.41) is 8.75. The van der Waals surface area contributed by atoms with E-state index in [1.807, 2.05) is 0 Å². The predicted octanol–water partition coefficient (Wildman–Crippen LogP) is 0.930. The predicted molar refractivity (Wildman–Crippen MR) is 74.5 cm³/mol. The molecule has 1 saturated carbocycles. The first-order valence-corrected chi connectivity index (χ1v) is 7.48. The number of morpholine rings is 1. The molecular formula is C14H24N4O2. The highest BCUT2D eigenvalue weighted by Gasteiger charge is 2.30. The molecule has 6 heteroatoms. The molecule has 2 aliphatic rings. The van der Waals surface area contributed by atoms with E-state index < -0.39 is 0 Å². The standard InChI is InChI=1S/C14H24N4O2/c1-17-13(15-16-14(17)11-3-4-11)9-18-6-8-20-10-12(18)5-7-19-2/h11-12H,3-10H2,1-2H3. The second-order valence-electron chi connectivity index (χ2n) is 5.79. The molecule has 2 heterocycles. The van der Waals surface area contributed by atoms with Gasteiger partial charge in [0.05, 0.1) is 19.8 Å². The molecule has 0 amide bonds. The largest absolute Gasteiger partial charge is 0.385 e. The van der Waals surface area contributed by atoms with Crippen LogP contribution in [0.5, 0.6) is 0 Å². The highest BCUT2D eigenvalue weighted by molar-refractivity contribution is 5.07. The molecule has 0 spiro atoms. The van der Waals surface area contributed by atoms with Crippen LogP contribution < -0.4 is 0 Å². The van der Waals surface area contributed by atoms with Crippen molar-refractivity contribution in [3.05, 3.63) is 11.6 Å². The minimum absolute atomic E-state index is 0.421. The molecular weight excluding hydrogens is 256 g/mol. The minimum Gasteiger partial charge on any atom is -0.385 e. The molecule has 20 heavy (non-hydrogen) atoms. The summed E-state index contributed by atoms with van der Waals surface area (Å²) in [5.74, 6) is 2.87. The van der Waals surface area contributed by atoms with Crippen LogP contribution in [0.1, 0.15) is 36.8 Å². The summed E-state index contributed by atoms with van der Waals surface area (Å²) in [6.07, 6.45) is 3.53. The highest BCUT2D eigenvalue weighted by atomic mass is 16.5. The van der Waals surface area contributed by atoms with Gasteiger partial charge in [-0.3, -0.25) is 4.90 Å². The molecule has 3 rings (SSSR count). The van der Waals surface area contributed by atoms with E-state index in [-0.39, 0.29) is 0 Å². The van der Waals surface area contributed by atoms with Crippen molar-refractivity contribution in [3.63, 3.8) is 0 Å². The third kappa shape index (κ3) is 3.02. The molecule has 0 N–H and O–H groups in total. The highest BCUT2D eigenvalue weighted by Crippen LogP contribution is 2.38. The lowest BCUT2D eigenvalue weighted by molar-refractivity contribution is -0.0232. The Morgan fingerprint density at radius 1 is 1.35 bits per heavy atom. The van der Waals surface area contributed by atoms with Gasteiger partial charge in [-0.15, -0.1) is 10.2 Å².